The number of hydrogen-bond donors (Lipinski definition) is 2. The van der Waals surface area contributed by atoms with Crippen molar-refractivity contribution in [2.24, 2.45) is 5.92 Å². The lowest BCUT2D eigenvalue weighted by Gasteiger charge is -2.27. The van der Waals surface area contributed by atoms with Gasteiger partial charge in [0.05, 0.1) is 18.6 Å². The van der Waals surface area contributed by atoms with E-state index in [0.717, 1.165) is 4.90 Å². The number of imide groups is 2. The highest BCUT2D eigenvalue weighted by atomic mass is 16.3. The van der Waals surface area contributed by atoms with E-state index in [0.29, 0.717) is 0 Å². The molecule has 2 N–H and O–H groups in total. The van der Waals surface area contributed by atoms with Gasteiger partial charge in [-0.3, -0.25) is 29.4 Å². The summed E-state index contributed by atoms with van der Waals surface area (Å²) in [4.78, 5) is 46.5. The molecule has 0 aromatic carbocycles. The Balaban J connectivity index is 2.21. The first-order valence-corrected chi connectivity index (χ1v) is 5.34. The minimum Gasteiger partial charge on any atom is -0.394 e. The van der Waals surface area contributed by atoms with Gasteiger partial charge in [0.15, 0.2) is 0 Å². The molecule has 7 heteroatoms. The topological polar surface area (TPSA) is 104 Å². The Bertz CT molecular complexity index is 390. The van der Waals surface area contributed by atoms with Gasteiger partial charge in [-0.15, -0.1) is 0 Å². The van der Waals surface area contributed by atoms with E-state index in [1.807, 2.05) is 0 Å². The number of amides is 4. The minimum atomic E-state index is -0.927. The second-order valence-electron chi connectivity index (χ2n) is 4.13. The lowest BCUT2D eigenvalue weighted by atomic mass is 9.97. The van der Waals surface area contributed by atoms with Gasteiger partial charge in [0, 0.05) is 19.3 Å². The Morgan fingerprint density at radius 1 is 1.24 bits per heavy atom. The number of hydrogen-bond acceptors (Lipinski definition) is 5. The van der Waals surface area contributed by atoms with Crippen LogP contribution in [0.4, 0.5) is 0 Å². The van der Waals surface area contributed by atoms with Gasteiger partial charge >= 0.3 is 0 Å². The molecule has 2 unspecified atom stereocenters. The van der Waals surface area contributed by atoms with Crippen LogP contribution in [0, 0.1) is 5.92 Å². The van der Waals surface area contributed by atoms with Gasteiger partial charge in [-0.2, -0.15) is 0 Å². The highest BCUT2D eigenvalue weighted by Gasteiger charge is 2.44. The molecular formula is C10H12N2O5. The van der Waals surface area contributed by atoms with Gasteiger partial charge in [0.25, 0.3) is 0 Å². The molecule has 7 nitrogen and oxygen atoms in total. The van der Waals surface area contributed by atoms with E-state index in [2.05, 4.69) is 5.32 Å². The van der Waals surface area contributed by atoms with Crippen LogP contribution in [0.25, 0.3) is 0 Å². The zero-order valence-electron chi connectivity index (χ0n) is 9.01. The zero-order chi connectivity index (χ0) is 12.6. The molecule has 4 amide bonds. The summed E-state index contributed by atoms with van der Waals surface area (Å²) in [6.07, 6.45) is 0.0936. The third-order valence-electron chi connectivity index (χ3n) is 3.08. The van der Waals surface area contributed by atoms with Crippen LogP contribution in [0.3, 0.4) is 0 Å². The SMILES string of the molecule is O=C1CC(C(CO)N2C(=O)CCC2=O)C(=O)N1. The van der Waals surface area contributed by atoms with E-state index in [1.165, 1.54) is 0 Å². The van der Waals surface area contributed by atoms with Gasteiger partial charge in [0.2, 0.25) is 23.6 Å². The quantitative estimate of drug-likeness (QED) is 0.564. The Labute approximate surface area is 96.8 Å². The van der Waals surface area contributed by atoms with Crippen LogP contribution in [0.1, 0.15) is 19.3 Å². The first-order valence-electron chi connectivity index (χ1n) is 5.34. The van der Waals surface area contributed by atoms with Crippen molar-refractivity contribution < 1.29 is 24.3 Å². The maximum absolute atomic E-state index is 11.5. The van der Waals surface area contributed by atoms with Crippen molar-refractivity contribution in [3.63, 3.8) is 0 Å². The van der Waals surface area contributed by atoms with Crippen LogP contribution in [-0.2, 0) is 19.2 Å². The predicted octanol–water partition coefficient (Wildman–Crippen LogP) is -1.84. The number of nitrogens with zero attached hydrogens (tertiary/aromatic N) is 1. The zero-order valence-corrected chi connectivity index (χ0v) is 9.01. The molecule has 2 rings (SSSR count). The van der Waals surface area contributed by atoms with Crippen molar-refractivity contribution >= 4 is 23.6 Å². The highest BCUT2D eigenvalue weighted by molar-refractivity contribution is 6.06. The van der Waals surface area contributed by atoms with E-state index in [4.69, 9.17) is 0 Å². The number of aliphatic hydroxyl groups is 1. The summed E-state index contributed by atoms with van der Waals surface area (Å²) in [5, 5.41) is 11.3. The fourth-order valence-corrected chi connectivity index (χ4v) is 2.24. The molecule has 2 aliphatic rings. The number of carbonyl (C=O) groups excluding carboxylic acids is 4. The molecular weight excluding hydrogens is 228 g/mol. The van der Waals surface area contributed by atoms with E-state index >= 15 is 0 Å². The van der Waals surface area contributed by atoms with Crippen LogP contribution >= 0.6 is 0 Å². The molecule has 2 atom stereocenters. The predicted molar refractivity (Wildman–Crippen MR) is 53.2 cm³/mol. The van der Waals surface area contributed by atoms with Crippen LogP contribution in [0.5, 0.6) is 0 Å². The Kier molecular flexibility index (Phi) is 2.93. The minimum absolute atomic E-state index is 0.0949. The normalized spacial score (nSPS) is 26.6. The standard InChI is InChI=1S/C10H12N2O5/c13-4-6(5-3-7(14)11-10(5)17)12-8(15)1-2-9(12)16/h5-6,13H,1-4H2,(H,11,14,17). The summed E-state index contributed by atoms with van der Waals surface area (Å²) >= 11 is 0. The number of carbonyl (C=O) groups is 4. The second kappa shape index (κ2) is 4.25. The summed E-state index contributed by atoms with van der Waals surface area (Å²) in [6.45, 7) is -0.511. The van der Waals surface area contributed by atoms with E-state index < -0.39 is 42.2 Å². The number of likely N-dealkylation sites (tertiary alicyclic amines) is 1. The first kappa shape index (κ1) is 11.7. The van der Waals surface area contributed by atoms with Crippen molar-refractivity contribution in [3.05, 3.63) is 0 Å². The fraction of sp³-hybridized carbons (Fsp3) is 0.600. The van der Waals surface area contributed by atoms with Gasteiger partial charge in [-0.1, -0.05) is 0 Å². The van der Waals surface area contributed by atoms with Gasteiger partial charge in [0.1, 0.15) is 0 Å². The smallest absolute Gasteiger partial charge is 0.232 e. The molecule has 0 bridgehead atoms. The number of rotatable bonds is 3. The molecule has 0 aromatic rings. The maximum Gasteiger partial charge on any atom is 0.232 e. The average molecular weight is 240 g/mol. The molecule has 2 saturated heterocycles. The third kappa shape index (κ3) is 1.93. The summed E-state index contributed by atoms with van der Waals surface area (Å²) < 4.78 is 0. The first-order chi connectivity index (χ1) is 8.04. The van der Waals surface area contributed by atoms with Crippen molar-refractivity contribution in [3.8, 4) is 0 Å². The molecule has 0 aliphatic carbocycles. The molecule has 0 aromatic heterocycles. The Hall–Kier alpha value is -1.76. The molecule has 0 radical (unpaired) electrons. The number of nitrogens with one attached hydrogen (secondary N) is 1. The largest absolute Gasteiger partial charge is 0.394 e. The second-order valence-corrected chi connectivity index (χ2v) is 4.13. The Morgan fingerprint density at radius 2 is 1.82 bits per heavy atom. The van der Waals surface area contributed by atoms with Crippen molar-refractivity contribution in [1.29, 1.82) is 0 Å². The van der Waals surface area contributed by atoms with E-state index in [1.54, 1.807) is 0 Å². The van der Waals surface area contributed by atoms with Crippen molar-refractivity contribution in [1.82, 2.24) is 10.2 Å². The van der Waals surface area contributed by atoms with Crippen LogP contribution in [-0.4, -0.2) is 46.3 Å². The maximum atomic E-state index is 11.5. The summed E-state index contributed by atoms with van der Waals surface area (Å²) in [7, 11) is 0. The summed E-state index contributed by atoms with van der Waals surface area (Å²) in [5.74, 6) is -2.63. The van der Waals surface area contributed by atoms with Gasteiger partial charge in [-0.05, 0) is 0 Å². The highest BCUT2D eigenvalue weighted by Crippen LogP contribution is 2.25. The lowest BCUT2D eigenvalue weighted by Crippen LogP contribution is -2.48. The van der Waals surface area contributed by atoms with Crippen molar-refractivity contribution in [2.45, 2.75) is 25.3 Å². The molecule has 2 fully saturated rings. The third-order valence-corrected chi connectivity index (χ3v) is 3.08. The lowest BCUT2D eigenvalue weighted by molar-refractivity contribution is -0.144. The molecule has 0 spiro atoms. The van der Waals surface area contributed by atoms with Crippen LogP contribution in [0.2, 0.25) is 0 Å². The van der Waals surface area contributed by atoms with E-state index in [9.17, 15) is 24.3 Å². The summed E-state index contributed by atoms with van der Waals surface area (Å²) in [5.41, 5.74) is 0. The number of aliphatic hydroxyl groups excluding tert-OH is 1. The van der Waals surface area contributed by atoms with Crippen LogP contribution in [0.15, 0.2) is 0 Å². The molecule has 2 heterocycles. The Morgan fingerprint density at radius 3 is 2.24 bits per heavy atom. The molecule has 2 aliphatic heterocycles. The summed E-state index contributed by atoms with van der Waals surface area (Å²) in [6, 6.07) is -0.927. The fourth-order valence-electron chi connectivity index (χ4n) is 2.24. The average Bonchev–Trinajstić information content (AvgIpc) is 2.76. The molecule has 0 saturated carbocycles. The van der Waals surface area contributed by atoms with Crippen molar-refractivity contribution in [2.75, 3.05) is 6.61 Å². The van der Waals surface area contributed by atoms with Gasteiger partial charge in [-0.25, -0.2) is 0 Å². The monoisotopic (exact) mass is 240 g/mol. The van der Waals surface area contributed by atoms with Crippen LogP contribution < -0.4 is 5.32 Å². The molecule has 17 heavy (non-hydrogen) atoms. The molecule has 92 valence electrons. The van der Waals surface area contributed by atoms with Gasteiger partial charge < -0.3 is 5.11 Å². The van der Waals surface area contributed by atoms with E-state index in [-0.39, 0.29) is 19.3 Å².